The summed E-state index contributed by atoms with van der Waals surface area (Å²) in [6, 6.07) is 10.1. The molecule has 0 aliphatic carbocycles. The van der Waals surface area contributed by atoms with Crippen LogP contribution in [0.3, 0.4) is 0 Å². The summed E-state index contributed by atoms with van der Waals surface area (Å²) in [4.78, 5) is 0. The van der Waals surface area contributed by atoms with E-state index >= 15 is 0 Å². The van der Waals surface area contributed by atoms with Crippen LogP contribution in [0.2, 0.25) is 0 Å². The Morgan fingerprint density at radius 3 is 2.04 bits per heavy atom. The molecular formula is C22H38O4S. The van der Waals surface area contributed by atoms with E-state index in [9.17, 15) is 8.42 Å². The second-order valence-electron chi connectivity index (χ2n) is 7.35. The van der Waals surface area contributed by atoms with Crippen molar-refractivity contribution in [1.82, 2.24) is 0 Å². The fourth-order valence-corrected chi connectivity index (χ4v) is 3.51. The Morgan fingerprint density at radius 1 is 0.852 bits per heavy atom. The van der Waals surface area contributed by atoms with E-state index in [0.29, 0.717) is 13.0 Å². The normalized spacial score (nSPS) is 13.0. The molecule has 5 heteroatoms. The van der Waals surface area contributed by atoms with Crippen LogP contribution in [0, 0.1) is 0 Å². The molecule has 0 N–H and O–H groups in total. The van der Waals surface area contributed by atoms with E-state index < -0.39 is 10.1 Å². The molecule has 0 spiro atoms. The third kappa shape index (κ3) is 14.8. The maximum Gasteiger partial charge on any atom is 0.264 e. The first kappa shape index (κ1) is 24.1. The summed E-state index contributed by atoms with van der Waals surface area (Å²) in [7, 11) is -3.38. The van der Waals surface area contributed by atoms with Gasteiger partial charge in [-0.3, -0.25) is 4.18 Å². The number of hydrogen-bond acceptors (Lipinski definition) is 4. The van der Waals surface area contributed by atoms with Crippen molar-refractivity contribution in [2.45, 2.75) is 90.3 Å². The lowest BCUT2D eigenvalue weighted by atomic mass is 10.0. The Balaban J connectivity index is 2.24. The first-order chi connectivity index (χ1) is 13.0. The predicted octanol–water partition coefficient (Wildman–Crippen LogP) is 5.86. The van der Waals surface area contributed by atoms with E-state index in [1.807, 2.05) is 30.3 Å². The fraction of sp³-hybridized carbons (Fsp3) is 0.727. The molecule has 0 amide bonds. The smallest absolute Gasteiger partial charge is 0.264 e. The van der Waals surface area contributed by atoms with Crippen LogP contribution in [0.4, 0.5) is 0 Å². The molecule has 0 heterocycles. The summed E-state index contributed by atoms with van der Waals surface area (Å²) >= 11 is 0. The number of hydrogen-bond donors (Lipinski definition) is 0. The quantitative estimate of drug-likeness (QED) is 0.244. The summed E-state index contributed by atoms with van der Waals surface area (Å²) in [5, 5.41) is 0. The molecule has 0 aromatic heterocycles. The van der Waals surface area contributed by atoms with Crippen LogP contribution in [0.5, 0.6) is 0 Å². The third-order valence-corrected chi connectivity index (χ3v) is 5.29. The number of rotatable bonds is 17. The highest BCUT2D eigenvalue weighted by atomic mass is 32.2. The highest BCUT2D eigenvalue weighted by Crippen LogP contribution is 2.16. The average molecular weight is 399 g/mol. The van der Waals surface area contributed by atoms with Crippen LogP contribution in [-0.2, 0) is 25.6 Å². The van der Waals surface area contributed by atoms with Gasteiger partial charge in [-0.15, -0.1) is 0 Å². The van der Waals surface area contributed by atoms with Gasteiger partial charge in [-0.25, -0.2) is 0 Å². The molecule has 0 saturated heterocycles. The SMILES string of the molecule is CCCCCCCCCCCC(CCOS(C)(=O)=O)OCc1ccccc1. The minimum absolute atomic E-state index is 0.0384. The van der Waals surface area contributed by atoms with Crippen LogP contribution in [-0.4, -0.2) is 27.4 Å². The van der Waals surface area contributed by atoms with Crippen molar-refractivity contribution in [3.05, 3.63) is 35.9 Å². The fourth-order valence-electron chi connectivity index (χ4n) is 3.11. The van der Waals surface area contributed by atoms with Crippen molar-refractivity contribution in [2.24, 2.45) is 0 Å². The van der Waals surface area contributed by atoms with Gasteiger partial charge in [0.25, 0.3) is 10.1 Å². The van der Waals surface area contributed by atoms with Crippen molar-refractivity contribution < 1.29 is 17.3 Å². The lowest BCUT2D eigenvalue weighted by molar-refractivity contribution is 0.0201. The Hall–Kier alpha value is -0.910. The lowest BCUT2D eigenvalue weighted by Crippen LogP contribution is -2.17. The van der Waals surface area contributed by atoms with Crippen LogP contribution in [0.15, 0.2) is 30.3 Å². The minimum Gasteiger partial charge on any atom is -0.373 e. The zero-order chi connectivity index (χ0) is 19.8. The monoisotopic (exact) mass is 398 g/mol. The molecule has 0 aliphatic heterocycles. The maximum atomic E-state index is 11.2. The van der Waals surface area contributed by atoms with Gasteiger partial charge in [0.15, 0.2) is 0 Å². The molecule has 27 heavy (non-hydrogen) atoms. The molecule has 156 valence electrons. The summed E-state index contributed by atoms with van der Waals surface area (Å²) < 4.78 is 33.2. The molecule has 4 nitrogen and oxygen atoms in total. The van der Waals surface area contributed by atoms with Crippen molar-refractivity contribution in [3.63, 3.8) is 0 Å². The molecular weight excluding hydrogens is 360 g/mol. The largest absolute Gasteiger partial charge is 0.373 e. The van der Waals surface area contributed by atoms with E-state index in [0.717, 1.165) is 24.7 Å². The van der Waals surface area contributed by atoms with Gasteiger partial charge in [-0.2, -0.15) is 8.42 Å². The van der Waals surface area contributed by atoms with Gasteiger partial charge in [0, 0.05) is 0 Å². The highest BCUT2D eigenvalue weighted by Gasteiger charge is 2.11. The molecule has 1 rings (SSSR count). The molecule has 0 saturated carbocycles. The van der Waals surface area contributed by atoms with Crippen LogP contribution < -0.4 is 0 Å². The van der Waals surface area contributed by atoms with E-state index in [2.05, 4.69) is 6.92 Å². The van der Waals surface area contributed by atoms with Gasteiger partial charge in [-0.05, 0) is 18.4 Å². The van der Waals surface area contributed by atoms with Crippen molar-refractivity contribution in [3.8, 4) is 0 Å². The Morgan fingerprint density at radius 2 is 1.44 bits per heavy atom. The summed E-state index contributed by atoms with van der Waals surface area (Å²) in [5.74, 6) is 0. The zero-order valence-electron chi connectivity index (χ0n) is 17.2. The Bertz CT molecular complexity index is 557. The van der Waals surface area contributed by atoms with Crippen LogP contribution in [0.1, 0.15) is 83.1 Å². The van der Waals surface area contributed by atoms with Gasteiger partial charge in [0.05, 0.1) is 25.6 Å². The summed E-state index contributed by atoms with van der Waals surface area (Å²) in [6.07, 6.45) is 14.3. The first-order valence-corrected chi connectivity index (χ1v) is 12.3. The van der Waals surface area contributed by atoms with Gasteiger partial charge >= 0.3 is 0 Å². The molecule has 0 aliphatic rings. The minimum atomic E-state index is -3.38. The molecule has 1 unspecified atom stereocenters. The standard InChI is InChI=1S/C22H38O4S/c1-3-4-5-6-7-8-9-10-14-17-22(18-19-26-27(2,23)24)25-20-21-15-12-11-13-16-21/h11-13,15-16,22H,3-10,14,17-20H2,1-2H3. The molecule has 0 fully saturated rings. The van der Waals surface area contributed by atoms with Crippen molar-refractivity contribution in [1.29, 1.82) is 0 Å². The van der Waals surface area contributed by atoms with E-state index in [4.69, 9.17) is 8.92 Å². The maximum absolute atomic E-state index is 11.2. The van der Waals surface area contributed by atoms with Crippen molar-refractivity contribution >= 4 is 10.1 Å². The highest BCUT2D eigenvalue weighted by molar-refractivity contribution is 7.85. The number of unbranched alkanes of at least 4 members (excludes halogenated alkanes) is 8. The second kappa shape index (κ2) is 15.1. The van der Waals surface area contributed by atoms with Gasteiger partial charge in [-0.1, -0.05) is 95.0 Å². The molecule has 1 aromatic rings. The lowest BCUT2D eigenvalue weighted by Gasteiger charge is -2.18. The first-order valence-electron chi connectivity index (χ1n) is 10.5. The van der Waals surface area contributed by atoms with E-state index in [1.54, 1.807) is 0 Å². The third-order valence-electron chi connectivity index (χ3n) is 4.70. The Kier molecular flexibility index (Phi) is 13.5. The molecule has 0 bridgehead atoms. The molecule has 0 radical (unpaired) electrons. The van der Waals surface area contributed by atoms with Gasteiger partial charge < -0.3 is 4.74 Å². The van der Waals surface area contributed by atoms with Gasteiger partial charge in [0.1, 0.15) is 0 Å². The van der Waals surface area contributed by atoms with E-state index in [1.165, 1.54) is 51.4 Å². The summed E-state index contributed by atoms with van der Waals surface area (Å²) in [6.45, 7) is 2.99. The van der Waals surface area contributed by atoms with Gasteiger partial charge in [0.2, 0.25) is 0 Å². The van der Waals surface area contributed by atoms with Crippen LogP contribution in [0.25, 0.3) is 0 Å². The zero-order valence-corrected chi connectivity index (χ0v) is 18.0. The predicted molar refractivity (Wildman–Crippen MR) is 112 cm³/mol. The summed E-state index contributed by atoms with van der Waals surface area (Å²) in [5.41, 5.74) is 1.14. The molecule has 1 aromatic carbocycles. The molecule has 1 atom stereocenters. The second-order valence-corrected chi connectivity index (χ2v) is 8.99. The number of ether oxygens (including phenoxy) is 1. The Labute approximate surface area is 166 Å². The van der Waals surface area contributed by atoms with E-state index in [-0.39, 0.29) is 12.7 Å². The average Bonchev–Trinajstić information content (AvgIpc) is 2.64. The number of benzene rings is 1. The van der Waals surface area contributed by atoms with Crippen LogP contribution >= 0.6 is 0 Å². The topological polar surface area (TPSA) is 52.6 Å². The van der Waals surface area contributed by atoms with Crippen molar-refractivity contribution in [2.75, 3.05) is 12.9 Å².